The van der Waals surface area contributed by atoms with Crippen molar-refractivity contribution in [2.75, 3.05) is 20.3 Å². The fourth-order valence-electron chi connectivity index (χ4n) is 2.70. The monoisotopic (exact) mass is 330 g/mol. The standard InChI is InChI=1S/C20H26O4/c1-4-23-18-12-10-16(20(14-18)24-5-2)8-6-7-15-9-11-17(21)13-19(15)22-3/h9-14,21H,4-8H2,1-3H3. The van der Waals surface area contributed by atoms with Gasteiger partial charge in [-0.25, -0.2) is 0 Å². The van der Waals surface area contributed by atoms with Gasteiger partial charge in [-0.05, 0) is 56.4 Å². The summed E-state index contributed by atoms with van der Waals surface area (Å²) >= 11 is 0. The number of aryl methyl sites for hydroxylation is 2. The molecule has 2 aromatic carbocycles. The van der Waals surface area contributed by atoms with Gasteiger partial charge in [0.1, 0.15) is 23.0 Å². The third kappa shape index (κ3) is 4.82. The Labute approximate surface area is 144 Å². The van der Waals surface area contributed by atoms with Crippen molar-refractivity contribution in [1.29, 1.82) is 0 Å². The van der Waals surface area contributed by atoms with Crippen LogP contribution < -0.4 is 14.2 Å². The van der Waals surface area contributed by atoms with Crippen molar-refractivity contribution in [2.24, 2.45) is 0 Å². The first-order chi connectivity index (χ1) is 11.7. The number of aromatic hydroxyl groups is 1. The van der Waals surface area contributed by atoms with E-state index in [0.717, 1.165) is 42.1 Å². The van der Waals surface area contributed by atoms with Gasteiger partial charge in [0.2, 0.25) is 0 Å². The van der Waals surface area contributed by atoms with E-state index in [1.807, 2.05) is 32.0 Å². The number of phenols is 1. The van der Waals surface area contributed by atoms with E-state index in [1.165, 1.54) is 5.56 Å². The average molecular weight is 330 g/mol. The molecule has 0 aliphatic rings. The maximum Gasteiger partial charge on any atom is 0.126 e. The molecule has 130 valence electrons. The molecule has 2 rings (SSSR count). The highest BCUT2D eigenvalue weighted by molar-refractivity contribution is 5.42. The molecule has 0 unspecified atom stereocenters. The van der Waals surface area contributed by atoms with E-state index in [1.54, 1.807) is 19.2 Å². The van der Waals surface area contributed by atoms with Crippen molar-refractivity contribution in [3.8, 4) is 23.0 Å². The van der Waals surface area contributed by atoms with Gasteiger partial charge in [0.15, 0.2) is 0 Å². The molecule has 0 atom stereocenters. The molecule has 0 spiro atoms. The molecule has 4 nitrogen and oxygen atoms in total. The predicted molar refractivity (Wildman–Crippen MR) is 95.5 cm³/mol. The van der Waals surface area contributed by atoms with Gasteiger partial charge >= 0.3 is 0 Å². The number of ether oxygens (including phenoxy) is 3. The summed E-state index contributed by atoms with van der Waals surface area (Å²) in [7, 11) is 1.62. The lowest BCUT2D eigenvalue weighted by atomic mass is 10.0. The van der Waals surface area contributed by atoms with E-state index in [0.29, 0.717) is 13.2 Å². The molecule has 0 bridgehead atoms. The lowest BCUT2D eigenvalue weighted by Crippen LogP contribution is -2.00. The molecule has 0 fully saturated rings. The number of methoxy groups -OCH3 is 1. The van der Waals surface area contributed by atoms with Gasteiger partial charge < -0.3 is 19.3 Å². The van der Waals surface area contributed by atoms with Crippen LogP contribution in [0.1, 0.15) is 31.4 Å². The normalized spacial score (nSPS) is 10.5. The van der Waals surface area contributed by atoms with Crippen molar-refractivity contribution in [1.82, 2.24) is 0 Å². The molecule has 0 heterocycles. The Kier molecular flexibility index (Phi) is 6.79. The highest BCUT2D eigenvalue weighted by Gasteiger charge is 2.08. The zero-order valence-corrected chi connectivity index (χ0v) is 14.7. The molecule has 24 heavy (non-hydrogen) atoms. The second-order valence-corrected chi connectivity index (χ2v) is 5.49. The second-order valence-electron chi connectivity index (χ2n) is 5.49. The lowest BCUT2D eigenvalue weighted by molar-refractivity contribution is 0.320. The Morgan fingerprint density at radius 2 is 1.50 bits per heavy atom. The number of rotatable bonds is 9. The summed E-state index contributed by atoms with van der Waals surface area (Å²) in [5.74, 6) is 2.68. The number of phenolic OH excluding ortho intramolecular Hbond substituents is 1. The Balaban J connectivity index is 2.03. The first-order valence-corrected chi connectivity index (χ1v) is 8.42. The molecule has 0 radical (unpaired) electrons. The highest BCUT2D eigenvalue weighted by atomic mass is 16.5. The van der Waals surface area contributed by atoms with Crippen LogP contribution in [0, 0.1) is 0 Å². The van der Waals surface area contributed by atoms with E-state index in [2.05, 4.69) is 6.07 Å². The topological polar surface area (TPSA) is 47.9 Å². The Morgan fingerprint density at radius 1 is 0.833 bits per heavy atom. The van der Waals surface area contributed by atoms with Crippen LogP contribution >= 0.6 is 0 Å². The largest absolute Gasteiger partial charge is 0.508 e. The number of benzene rings is 2. The van der Waals surface area contributed by atoms with E-state index < -0.39 is 0 Å². The van der Waals surface area contributed by atoms with Crippen LogP contribution in [-0.2, 0) is 12.8 Å². The minimum atomic E-state index is 0.223. The zero-order valence-electron chi connectivity index (χ0n) is 14.7. The molecule has 2 aromatic rings. The third-order valence-corrected chi connectivity index (χ3v) is 3.81. The molecular weight excluding hydrogens is 304 g/mol. The van der Waals surface area contributed by atoms with Gasteiger partial charge in [-0.15, -0.1) is 0 Å². The van der Waals surface area contributed by atoms with Crippen LogP contribution in [0.25, 0.3) is 0 Å². The summed E-state index contributed by atoms with van der Waals surface area (Å²) in [6, 6.07) is 11.3. The second kappa shape index (κ2) is 9.06. The fourth-order valence-corrected chi connectivity index (χ4v) is 2.70. The summed E-state index contributed by atoms with van der Waals surface area (Å²) in [4.78, 5) is 0. The van der Waals surface area contributed by atoms with Crippen LogP contribution in [-0.4, -0.2) is 25.4 Å². The number of hydrogen-bond donors (Lipinski definition) is 1. The number of hydrogen-bond acceptors (Lipinski definition) is 4. The zero-order chi connectivity index (χ0) is 17.4. The van der Waals surface area contributed by atoms with E-state index in [4.69, 9.17) is 14.2 Å². The van der Waals surface area contributed by atoms with Gasteiger partial charge in [-0.1, -0.05) is 12.1 Å². The lowest BCUT2D eigenvalue weighted by Gasteiger charge is -2.13. The van der Waals surface area contributed by atoms with Crippen LogP contribution in [0.15, 0.2) is 36.4 Å². The van der Waals surface area contributed by atoms with Crippen LogP contribution in [0.5, 0.6) is 23.0 Å². The van der Waals surface area contributed by atoms with Crippen molar-refractivity contribution in [2.45, 2.75) is 33.1 Å². The molecule has 0 aliphatic carbocycles. The maximum atomic E-state index is 9.53. The van der Waals surface area contributed by atoms with Gasteiger partial charge in [-0.2, -0.15) is 0 Å². The van der Waals surface area contributed by atoms with Crippen LogP contribution in [0.2, 0.25) is 0 Å². The van der Waals surface area contributed by atoms with Gasteiger partial charge in [0.05, 0.1) is 20.3 Å². The van der Waals surface area contributed by atoms with E-state index in [-0.39, 0.29) is 5.75 Å². The molecule has 1 N–H and O–H groups in total. The molecule has 0 aliphatic heterocycles. The SMILES string of the molecule is CCOc1ccc(CCCc2ccc(O)cc2OC)c(OCC)c1. The first-order valence-electron chi connectivity index (χ1n) is 8.42. The Morgan fingerprint density at radius 3 is 2.17 bits per heavy atom. The molecule has 4 heteroatoms. The molecule has 0 aromatic heterocycles. The highest BCUT2D eigenvalue weighted by Crippen LogP contribution is 2.28. The predicted octanol–water partition coefficient (Wildman–Crippen LogP) is 4.37. The van der Waals surface area contributed by atoms with Crippen LogP contribution in [0.4, 0.5) is 0 Å². The molecule has 0 saturated carbocycles. The summed E-state index contributed by atoms with van der Waals surface area (Å²) in [6.07, 6.45) is 2.75. The quantitative estimate of drug-likeness (QED) is 0.741. The van der Waals surface area contributed by atoms with Crippen molar-refractivity contribution >= 4 is 0 Å². The maximum absolute atomic E-state index is 9.53. The van der Waals surface area contributed by atoms with Crippen molar-refractivity contribution in [3.63, 3.8) is 0 Å². The fraction of sp³-hybridized carbons (Fsp3) is 0.400. The first kappa shape index (κ1) is 18.0. The Bertz CT molecular complexity index is 652. The molecule has 0 amide bonds. The van der Waals surface area contributed by atoms with Crippen LogP contribution in [0.3, 0.4) is 0 Å². The van der Waals surface area contributed by atoms with Crippen molar-refractivity contribution in [3.05, 3.63) is 47.5 Å². The average Bonchev–Trinajstić information content (AvgIpc) is 2.58. The minimum absolute atomic E-state index is 0.223. The van der Waals surface area contributed by atoms with E-state index in [9.17, 15) is 5.11 Å². The minimum Gasteiger partial charge on any atom is -0.508 e. The summed E-state index contributed by atoms with van der Waals surface area (Å²) < 4.78 is 16.6. The van der Waals surface area contributed by atoms with Gasteiger partial charge in [0, 0.05) is 12.1 Å². The summed E-state index contributed by atoms with van der Waals surface area (Å²) in [5.41, 5.74) is 2.28. The van der Waals surface area contributed by atoms with E-state index >= 15 is 0 Å². The Hall–Kier alpha value is -2.36. The summed E-state index contributed by atoms with van der Waals surface area (Å²) in [6.45, 7) is 5.23. The molecular formula is C20H26O4. The molecule has 0 saturated heterocycles. The smallest absolute Gasteiger partial charge is 0.126 e. The van der Waals surface area contributed by atoms with Crippen molar-refractivity contribution < 1.29 is 19.3 Å². The van der Waals surface area contributed by atoms with Gasteiger partial charge in [0.25, 0.3) is 0 Å². The van der Waals surface area contributed by atoms with Gasteiger partial charge in [-0.3, -0.25) is 0 Å². The third-order valence-electron chi connectivity index (χ3n) is 3.81. The summed E-state index contributed by atoms with van der Waals surface area (Å²) in [5, 5.41) is 9.53.